The summed E-state index contributed by atoms with van der Waals surface area (Å²) in [6, 6.07) is -1.47. The molecule has 0 bridgehead atoms. The van der Waals surface area contributed by atoms with Crippen LogP contribution in [0.4, 0.5) is 0 Å². The molecule has 6 nitrogen and oxygen atoms in total. The fourth-order valence-corrected chi connectivity index (χ4v) is 2.92. The molecule has 0 aromatic heterocycles. The number of nitrogens with one attached hydrogen (secondary N) is 3. The average Bonchev–Trinajstić information content (AvgIpc) is 2.51. The second kappa shape index (κ2) is 12.8. The molecule has 6 heteroatoms. The Balaban J connectivity index is 5.07. The highest BCUT2D eigenvalue weighted by Crippen LogP contribution is 2.10. The van der Waals surface area contributed by atoms with Gasteiger partial charge in [-0.25, -0.2) is 0 Å². The third kappa shape index (κ3) is 10.5. The number of carbonyl (C=O) groups excluding carboxylic acids is 3. The number of rotatable bonds is 13. The molecule has 0 aliphatic carbocycles. The Morgan fingerprint density at radius 2 is 1.23 bits per heavy atom. The summed E-state index contributed by atoms with van der Waals surface area (Å²) in [6.07, 6.45) is 2.60. The minimum absolute atomic E-state index is 0.159. The molecule has 0 aliphatic heterocycles. The van der Waals surface area contributed by atoms with Gasteiger partial charge in [-0.05, 0) is 43.6 Å². The van der Waals surface area contributed by atoms with Gasteiger partial charge < -0.3 is 20.7 Å². The SMILES string of the molecule is CCNC(CC(C)C)C(=O)N[C@@H](CC(C)C)C(=O)N[C@H](C=O)CC(C)C. The van der Waals surface area contributed by atoms with Crippen LogP contribution in [0, 0.1) is 17.8 Å². The molecule has 0 spiro atoms. The summed E-state index contributed by atoms with van der Waals surface area (Å²) in [6.45, 7) is 14.8. The van der Waals surface area contributed by atoms with E-state index in [4.69, 9.17) is 0 Å². The lowest BCUT2D eigenvalue weighted by Gasteiger charge is -2.26. The molecule has 0 rings (SSSR count). The molecule has 0 radical (unpaired) electrons. The van der Waals surface area contributed by atoms with Crippen molar-refractivity contribution in [1.82, 2.24) is 16.0 Å². The van der Waals surface area contributed by atoms with Crippen molar-refractivity contribution in [1.29, 1.82) is 0 Å². The molecular formula is C20H39N3O3. The first kappa shape index (κ1) is 24.6. The van der Waals surface area contributed by atoms with Crippen LogP contribution in [0.5, 0.6) is 0 Å². The predicted octanol–water partition coefficient (Wildman–Crippen LogP) is 2.27. The van der Waals surface area contributed by atoms with Crippen molar-refractivity contribution in [3.63, 3.8) is 0 Å². The van der Waals surface area contributed by atoms with Crippen LogP contribution in [0.1, 0.15) is 67.7 Å². The molecule has 1 unspecified atom stereocenters. The van der Waals surface area contributed by atoms with Crippen molar-refractivity contribution in [3.8, 4) is 0 Å². The van der Waals surface area contributed by atoms with Crippen LogP contribution in [0.15, 0.2) is 0 Å². The minimum atomic E-state index is -0.634. The van der Waals surface area contributed by atoms with Gasteiger partial charge in [-0.15, -0.1) is 0 Å². The zero-order chi connectivity index (χ0) is 20.3. The smallest absolute Gasteiger partial charge is 0.243 e. The van der Waals surface area contributed by atoms with E-state index in [9.17, 15) is 14.4 Å². The van der Waals surface area contributed by atoms with Gasteiger partial charge in [0.05, 0.1) is 12.1 Å². The number of carbonyl (C=O) groups is 3. The summed E-state index contributed by atoms with van der Waals surface area (Å²) in [5, 5.41) is 8.86. The summed E-state index contributed by atoms with van der Waals surface area (Å²) >= 11 is 0. The lowest BCUT2D eigenvalue weighted by Crippen LogP contribution is -2.55. The first-order valence-corrected chi connectivity index (χ1v) is 9.89. The van der Waals surface area contributed by atoms with Gasteiger partial charge in [-0.1, -0.05) is 48.5 Å². The molecule has 3 N–H and O–H groups in total. The molecule has 0 aromatic rings. The molecule has 0 saturated carbocycles. The quantitative estimate of drug-likeness (QED) is 0.435. The average molecular weight is 370 g/mol. The van der Waals surface area contributed by atoms with Crippen molar-refractivity contribution >= 4 is 18.1 Å². The Bertz CT molecular complexity index is 436. The molecule has 0 fully saturated rings. The van der Waals surface area contributed by atoms with E-state index >= 15 is 0 Å². The molecule has 0 aliphatic rings. The number of hydrogen-bond acceptors (Lipinski definition) is 4. The highest BCUT2D eigenvalue weighted by molar-refractivity contribution is 5.90. The van der Waals surface area contributed by atoms with Crippen molar-refractivity contribution in [3.05, 3.63) is 0 Å². The normalized spacial score (nSPS) is 15.0. The maximum Gasteiger partial charge on any atom is 0.243 e. The van der Waals surface area contributed by atoms with E-state index in [1.54, 1.807) is 0 Å². The highest BCUT2D eigenvalue weighted by Gasteiger charge is 2.27. The van der Waals surface area contributed by atoms with E-state index in [0.29, 0.717) is 37.6 Å². The summed E-state index contributed by atoms with van der Waals surface area (Å²) < 4.78 is 0. The summed E-state index contributed by atoms with van der Waals surface area (Å²) in [7, 11) is 0. The third-order valence-electron chi connectivity index (χ3n) is 4.03. The van der Waals surface area contributed by atoms with Crippen LogP contribution in [0.2, 0.25) is 0 Å². The second-order valence-electron chi connectivity index (χ2n) is 8.31. The lowest BCUT2D eigenvalue weighted by atomic mass is 9.99. The van der Waals surface area contributed by atoms with Crippen LogP contribution in [-0.4, -0.2) is 42.8 Å². The van der Waals surface area contributed by atoms with Gasteiger partial charge in [0.1, 0.15) is 12.3 Å². The van der Waals surface area contributed by atoms with Crippen LogP contribution >= 0.6 is 0 Å². The standard InChI is InChI=1S/C20H39N3O3/c1-8-21-17(10-14(4)5)19(25)23-18(11-15(6)7)20(26)22-16(12-24)9-13(2)3/h12-18,21H,8-11H2,1-7H3,(H,22,26)(H,23,25)/t16-,17?,18-/m0/s1. The topological polar surface area (TPSA) is 87.3 Å². The van der Waals surface area contributed by atoms with Crippen molar-refractivity contribution in [2.45, 2.75) is 85.9 Å². The van der Waals surface area contributed by atoms with E-state index < -0.39 is 12.1 Å². The van der Waals surface area contributed by atoms with E-state index in [-0.39, 0.29) is 23.8 Å². The van der Waals surface area contributed by atoms with Crippen LogP contribution in [0.25, 0.3) is 0 Å². The van der Waals surface area contributed by atoms with Crippen LogP contribution in [0.3, 0.4) is 0 Å². The van der Waals surface area contributed by atoms with Gasteiger partial charge in [0.15, 0.2) is 0 Å². The largest absolute Gasteiger partial charge is 0.345 e. The van der Waals surface area contributed by atoms with Crippen molar-refractivity contribution in [2.24, 2.45) is 17.8 Å². The fraction of sp³-hybridized carbons (Fsp3) is 0.850. The van der Waals surface area contributed by atoms with Gasteiger partial charge in [-0.2, -0.15) is 0 Å². The van der Waals surface area contributed by atoms with Crippen molar-refractivity contribution < 1.29 is 14.4 Å². The van der Waals surface area contributed by atoms with E-state index in [0.717, 1.165) is 6.29 Å². The van der Waals surface area contributed by atoms with Gasteiger partial charge in [0, 0.05) is 0 Å². The lowest BCUT2D eigenvalue weighted by molar-refractivity contribution is -0.131. The number of likely N-dealkylation sites (N-methyl/N-ethyl adjacent to an activating group) is 1. The Kier molecular flexibility index (Phi) is 12.1. The molecular weight excluding hydrogens is 330 g/mol. The summed E-state index contributed by atoms with van der Waals surface area (Å²) in [4.78, 5) is 36.6. The first-order chi connectivity index (χ1) is 12.1. The van der Waals surface area contributed by atoms with Crippen molar-refractivity contribution in [2.75, 3.05) is 6.54 Å². The molecule has 0 aromatic carbocycles. The van der Waals surface area contributed by atoms with E-state index in [1.807, 2.05) is 34.6 Å². The number of aldehydes is 1. The maximum atomic E-state index is 12.7. The first-order valence-electron chi connectivity index (χ1n) is 9.89. The number of amides is 2. The third-order valence-corrected chi connectivity index (χ3v) is 4.03. The van der Waals surface area contributed by atoms with Gasteiger partial charge in [0.2, 0.25) is 11.8 Å². The maximum absolute atomic E-state index is 12.7. The Morgan fingerprint density at radius 1 is 0.769 bits per heavy atom. The van der Waals surface area contributed by atoms with E-state index in [2.05, 4.69) is 29.8 Å². The molecule has 26 heavy (non-hydrogen) atoms. The highest BCUT2D eigenvalue weighted by atomic mass is 16.2. The molecule has 0 heterocycles. The minimum Gasteiger partial charge on any atom is -0.345 e. The van der Waals surface area contributed by atoms with Crippen LogP contribution < -0.4 is 16.0 Å². The number of hydrogen-bond donors (Lipinski definition) is 3. The van der Waals surface area contributed by atoms with Gasteiger partial charge in [0.25, 0.3) is 0 Å². The Morgan fingerprint density at radius 3 is 1.65 bits per heavy atom. The second-order valence-corrected chi connectivity index (χ2v) is 8.31. The zero-order valence-corrected chi connectivity index (χ0v) is 17.6. The zero-order valence-electron chi connectivity index (χ0n) is 17.6. The van der Waals surface area contributed by atoms with E-state index in [1.165, 1.54) is 0 Å². The molecule has 0 saturated heterocycles. The molecule has 2 amide bonds. The predicted molar refractivity (Wildman–Crippen MR) is 106 cm³/mol. The summed E-state index contributed by atoms with van der Waals surface area (Å²) in [5.41, 5.74) is 0. The van der Waals surface area contributed by atoms with Gasteiger partial charge >= 0.3 is 0 Å². The molecule has 3 atom stereocenters. The van der Waals surface area contributed by atoms with Gasteiger partial charge in [-0.3, -0.25) is 9.59 Å². The monoisotopic (exact) mass is 369 g/mol. The Hall–Kier alpha value is -1.43. The van der Waals surface area contributed by atoms with Crippen LogP contribution in [-0.2, 0) is 14.4 Å². The fourth-order valence-electron chi connectivity index (χ4n) is 2.92. The summed E-state index contributed by atoms with van der Waals surface area (Å²) in [5.74, 6) is 0.464. The molecule has 152 valence electrons. The Labute approximate surface area is 159 Å².